The molecule has 3 rings (SSSR count). The van der Waals surface area contributed by atoms with Gasteiger partial charge in [-0.25, -0.2) is 0 Å². The lowest BCUT2D eigenvalue weighted by Gasteiger charge is -2.18. The van der Waals surface area contributed by atoms with E-state index in [0.29, 0.717) is 12.3 Å². The summed E-state index contributed by atoms with van der Waals surface area (Å²) in [6.45, 7) is 3.15. The van der Waals surface area contributed by atoms with Gasteiger partial charge in [0.15, 0.2) is 5.96 Å². The zero-order valence-corrected chi connectivity index (χ0v) is 21.6. The Morgan fingerprint density at radius 1 is 1.16 bits per heavy atom. The molecule has 2 N–H and O–H groups in total. The Hall–Kier alpha value is -1.45. The Labute approximate surface area is 211 Å². The number of nitrogens with one attached hydrogen (secondary N) is 2. The van der Waals surface area contributed by atoms with Crippen molar-refractivity contribution in [2.24, 2.45) is 10.9 Å². The highest BCUT2D eigenvalue weighted by molar-refractivity contribution is 14.0. The molecule has 0 aromatic heterocycles. The zero-order valence-electron chi connectivity index (χ0n) is 17.7. The molecule has 0 spiro atoms. The van der Waals surface area contributed by atoms with Crippen LogP contribution in [-0.2, 0) is 11.2 Å². The summed E-state index contributed by atoms with van der Waals surface area (Å²) in [5.41, 5.74) is 1.27. The molecule has 1 fully saturated rings. The van der Waals surface area contributed by atoms with E-state index >= 15 is 0 Å². The molecular formula is C23H30ClIN4OS. The number of aliphatic imine (C=N–C) groups is 1. The van der Waals surface area contributed by atoms with Crippen LogP contribution in [0.4, 0.5) is 0 Å². The molecule has 8 heteroatoms. The molecule has 31 heavy (non-hydrogen) atoms. The van der Waals surface area contributed by atoms with Crippen LogP contribution in [0.2, 0.25) is 5.02 Å². The van der Waals surface area contributed by atoms with E-state index < -0.39 is 0 Å². The van der Waals surface area contributed by atoms with Crippen LogP contribution < -0.4 is 10.6 Å². The van der Waals surface area contributed by atoms with Gasteiger partial charge in [-0.15, -0.1) is 35.7 Å². The molecule has 1 saturated heterocycles. The number of rotatable bonds is 9. The summed E-state index contributed by atoms with van der Waals surface area (Å²) in [6, 6.07) is 18.2. The summed E-state index contributed by atoms with van der Waals surface area (Å²) in [5.74, 6) is 2.27. The summed E-state index contributed by atoms with van der Waals surface area (Å²) in [4.78, 5) is 19.8. The molecule has 0 radical (unpaired) electrons. The molecule has 1 aliphatic rings. The van der Waals surface area contributed by atoms with Crippen LogP contribution in [0.3, 0.4) is 0 Å². The van der Waals surface area contributed by atoms with Gasteiger partial charge in [0.1, 0.15) is 0 Å². The zero-order chi connectivity index (χ0) is 21.2. The average Bonchev–Trinajstić information content (AvgIpc) is 3.13. The summed E-state index contributed by atoms with van der Waals surface area (Å²) >= 11 is 7.69. The molecule has 1 amide bonds. The second-order valence-corrected chi connectivity index (χ2v) is 8.93. The maximum atomic E-state index is 12.3. The van der Waals surface area contributed by atoms with Crippen LogP contribution in [0.5, 0.6) is 0 Å². The number of likely N-dealkylation sites (tertiary alicyclic amines) is 1. The normalized spacial score (nSPS) is 16.2. The summed E-state index contributed by atoms with van der Waals surface area (Å²) in [6.07, 6.45) is 1.51. The van der Waals surface area contributed by atoms with Gasteiger partial charge >= 0.3 is 0 Å². The highest BCUT2D eigenvalue weighted by atomic mass is 127. The number of guanidine groups is 1. The van der Waals surface area contributed by atoms with Crippen LogP contribution in [0.25, 0.3) is 0 Å². The van der Waals surface area contributed by atoms with E-state index in [1.54, 1.807) is 18.8 Å². The molecule has 0 saturated carbocycles. The second kappa shape index (κ2) is 13.9. The first-order valence-corrected chi connectivity index (χ1v) is 11.6. The molecule has 0 aliphatic carbocycles. The van der Waals surface area contributed by atoms with Crippen LogP contribution >= 0.6 is 47.3 Å². The highest BCUT2D eigenvalue weighted by Crippen LogP contribution is 2.20. The van der Waals surface area contributed by atoms with Crippen LogP contribution in [0.1, 0.15) is 12.0 Å². The Morgan fingerprint density at radius 3 is 2.61 bits per heavy atom. The SMILES string of the molecule is CN=C(NCCSc1ccc(Cl)cc1)NCC1CC(=O)N(CCc2ccccc2)C1.I. The number of carbonyl (C=O) groups excluding carboxylic acids is 1. The summed E-state index contributed by atoms with van der Waals surface area (Å²) in [7, 11) is 1.77. The predicted molar refractivity (Wildman–Crippen MR) is 142 cm³/mol. The minimum absolute atomic E-state index is 0. The fraction of sp³-hybridized carbons (Fsp3) is 0.391. The van der Waals surface area contributed by atoms with Crippen molar-refractivity contribution in [3.05, 3.63) is 65.2 Å². The Kier molecular flexibility index (Phi) is 11.5. The molecule has 1 heterocycles. The quantitative estimate of drug-likeness (QED) is 0.155. The molecule has 1 aliphatic heterocycles. The molecule has 1 unspecified atom stereocenters. The van der Waals surface area contributed by atoms with Crippen molar-refractivity contribution in [3.8, 4) is 0 Å². The van der Waals surface area contributed by atoms with E-state index in [1.807, 2.05) is 47.4 Å². The summed E-state index contributed by atoms with van der Waals surface area (Å²) < 4.78 is 0. The standard InChI is InChI=1S/C23H29ClN4OS.HI/c1-25-23(26-12-14-30-21-9-7-20(24)8-10-21)27-16-19-15-22(29)28(17-19)13-11-18-5-3-2-4-6-18;/h2-10,19H,11-17H2,1H3,(H2,25,26,27);1H. The number of hydrogen-bond donors (Lipinski definition) is 2. The van der Waals surface area contributed by atoms with E-state index in [4.69, 9.17) is 11.6 Å². The third-order valence-electron chi connectivity index (χ3n) is 5.07. The maximum absolute atomic E-state index is 12.3. The fourth-order valence-corrected chi connectivity index (χ4v) is 4.34. The number of carbonyl (C=O) groups is 1. The third-order valence-corrected chi connectivity index (χ3v) is 6.33. The number of benzene rings is 2. The van der Waals surface area contributed by atoms with Crippen LogP contribution in [0.15, 0.2) is 64.5 Å². The van der Waals surface area contributed by atoms with Crippen molar-refractivity contribution in [2.75, 3.05) is 39.0 Å². The van der Waals surface area contributed by atoms with Gasteiger partial charge in [-0.1, -0.05) is 41.9 Å². The van der Waals surface area contributed by atoms with Crippen molar-refractivity contribution < 1.29 is 4.79 Å². The Balaban J connectivity index is 0.00000341. The Morgan fingerprint density at radius 2 is 1.90 bits per heavy atom. The monoisotopic (exact) mass is 572 g/mol. The Bertz CT molecular complexity index is 835. The molecule has 2 aromatic rings. The first-order valence-electron chi connectivity index (χ1n) is 10.3. The van der Waals surface area contributed by atoms with Gasteiger partial charge in [0.2, 0.25) is 5.91 Å². The van der Waals surface area contributed by atoms with Gasteiger partial charge in [0, 0.05) is 61.2 Å². The number of thioether (sulfide) groups is 1. The lowest BCUT2D eigenvalue weighted by Crippen LogP contribution is -2.41. The lowest BCUT2D eigenvalue weighted by atomic mass is 10.1. The van der Waals surface area contributed by atoms with Gasteiger partial charge in [-0.2, -0.15) is 0 Å². The summed E-state index contributed by atoms with van der Waals surface area (Å²) in [5, 5.41) is 7.46. The molecule has 1 atom stereocenters. The van der Waals surface area contributed by atoms with Gasteiger partial charge in [0.25, 0.3) is 0 Å². The van der Waals surface area contributed by atoms with Gasteiger partial charge < -0.3 is 15.5 Å². The number of hydrogen-bond acceptors (Lipinski definition) is 3. The fourth-order valence-electron chi connectivity index (χ4n) is 3.45. The number of nitrogens with zero attached hydrogens (tertiary/aromatic N) is 2. The molecule has 168 valence electrons. The van der Waals surface area contributed by atoms with Crippen molar-refractivity contribution >= 4 is 59.2 Å². The largest absolute Gasteiger partial charge is 0.356 e. The lowest BCUT2D eigenvalue weighted by molar-refractivity contribution is -0.127. The van der Waals surface area contributed by atoms with E-state index in [2.05, 4.69) is 27.8 Å². The highest BCUT2D eigenvalue weighted by Gasteiger charge is 2.29. The number of halogens is 2. The topological polar surface area (TPSA) is 56.7 Å². The smallest absolute Gasteiger partial charge is 0.223 e. The maximum Gasteiger partial charge on any atom is 0.223 e. The molecular weight excluding hydrogens is 543 g/mol. The number of amides is 1. The van der Waals surface area contributed by atoms with Crippen molar-refractivity contribution in [2.45, 2.75) is 17.7 Å². The van der Waals surface area contributed by atoms with Gasteiger partial charge in [-0.3, -0.25) is 9.79 Å². The van der Waals surface area contributed by atoms with E-state index in [9.17, 15) is 4.79 Å². The van der Waals surface area contributed by atoms with Crippen LogP contribution in [-0.4, -0.2) is 55.7 Å². The van der Waals surface area contributed by atoms with E-state index in [0.717, 1.165) is 49.3 Å². The molecule has 5 nitrogen and oxygen atoms in total. The third kappa shape index (κ3) is 8.90. The predicted octanol–water partition coefficient (Wildman–Crippen LogP) is 4.31. The van der Waals surface area contributed by atoms with Crippen LogP contribution in [0, 0.1) is 5.92 Å². The average molecular weight is 573 g/mol. The second-order valence-electron chi connectivity index (χ2n) is 7.33. The molecule has 0 bridgehead atoms. The van der Waals surface area contributed by atoms with Gasteiger partial charge in [-0.05, 0) is 36.2 Å². The minimum atomic E-state index is 0. The van der Waals surface area contributed by atoms with E-state index in [-0.39, 0.29) is 29.9 Å². The van der Waals surface area contributed by atoms with Gasteiger partial charge in [0.05, 0.1) is 0 Å². The molecule has 2 aromatic carbocycles. The first-order chi connectivity index (χ1) is 14.6. The van der Waals surface area contributed by atoms with E-state index in [1.165, 1.54) is 10.5 Å². The van der Waals surface area contributed by atoms with Crippen molar-refractivity contribution in [3.63, 3.8) is 0 Å². The minimum Gasteiger partial charge on any atom is -0.356 e. The van der Waals surface area contributed by atoms with Crippen molar-refractivity contribution in [1.82, 2.24) is 15.5 Å². The van der Waals surface area contributed by atoms with Crippen molar-refractivity contribution in [1.29, 1.82) is 0 Å². The first kappa shape index (κ1) is 25.8.